The topological polar surface area (TPSA) is 118 Å². The zero-order chi connectivity index (χ0) is 23.7. The van der Waals surface area contributed by atoms with E-state index in [0.29, 0.717) is 24.5 Å². The van der Waals surface area contributed by atoms with Gasteiger partial charge in [0.1, 0.15) is 24.1 Å². The van der Waals surface area contributed by atoms with Gasteiger partial charge in [0, 0.05) is 24.3 Å². The van der Waals surface area contributed by atoms with E-state index >= 15 is 0 Å². The molecule has 1 N–H and O–H groups in total. The van der Waals surface area contributed by atoms with Crippen LogP contribution in [0.4, 0.5) is 14.9 Å². The molecule has 0 saturated carbocycles. The SMILES string of the molecule is CC(N1CCN(c2ccc(-n3ncnn3)cc2)C1=O)C(O)(Cn1cncn1)c1ccccc1F. The van der Waals surface area contributed by atoms with Crippen LogP contribution in [0.5, 0.6) is 0 Å². The maximum atomic E-state index is 14.8. The number of amides is 2. The van der Waals surface area contributed by atoms with E-state index in [-0.39, 0.29) is 18.1 Å². The van der Waals surface area contributed by atoms with Gasteiger partial charge in [-0.1, -0.05) is 18.2 Å². The number of anilines is 1. The lowest BCUT2D eigenvalue weighted by molar-refractivity contribution is -0.0474. The van der Waals surface area contributed by atoms with Crippen molar-refractivity contribution in [1.82, 2.24) is 39.9 Å². The zero-order valence-corrected chi connectivity index (χ0v) is 18.3. The number of nitrogens with zero attached hydrogens (tertiary/aromatic N) is 9. The molecule has 5 rings (SSSR count). The fraction of sp³-hybridized carbons (Fsp3) is 0.273. The van der Waals surface area contributed by atoms with E-state index in [9.17, 15) is 14.3 Å². The summed E-state index contributed by atoms with van der Waals surface area (Å²) in [6, 6.07) is 12.1. The molecule has 3 heterocycles. The normalized spacial score (nSPS) is 16.6. The Morgan fingerprint density at radius 2 is 1.82 bits per heavy atom. The summed E-state index contributed by atoms with van der Waals surface area (Å²) >= 11 is 0. The standard InChI is InChI=1S/C22H22FN9O2/c1-16(22(34,12-29-15-24-13-26-29)19-4-2-3-5-20(19)23)30-10-11-31(21(30)33)17-6-8-18(9-7-17)32-27-14-25-28-32/h2-9,13-16,34H,10-12H2,1H3. The van der Waals surface area contributed by atoms with Crippen molar-refractivity contribution in [3.05, 3.63) is 78.9 Å². The van der Waals surface area contributed by atoms with E-state index in [1.165, 1.54) is 40.6 Å². The second-order valence-corrected chi connectivity index (χ2v) is 8.04. The van der Waals surface area contributed by atoms with Crippen LogP contribution >= 0.6 is 0 Å². The van der Waals surface area contributed by atoms with Crippen LogP contribution in [0, 0.1) is 5.82 Å². The Bertz CT molecular complexity index is 1260. The Labute approximate surface area is 194 Å². The second-order valence-electron chi connectivity index (χ2n) is 8.04. The molecule has 0 spiro atoms. The summed E-state index contributed by atoms with van der Waals surface area (Å²) < 4.78 is 16.2. The van der Waals surface area contributed by atoms with Crippen molar-refractivity contribution in [1.29, 1.82) is 0 Å². The van der Waals surface area contributed by atoms with Crippen LogP contribution in [-0.2, 0) is 12.1 Å². The number of hydrogen-bond donors (Lipinski definition) is 1. The van der Waals surface area contributed by atoms with Gasteiger partial charge in [0.2, 0.25) is 0 Å². The average Bonchev–Trinajstić information content (AvgIpc) is 3.62. The molecule has 34 heavy (non-hydrogen) atoms. The highest BCUT2D eigenvalue weighted by molar-refractivity contribution is 5.94. The van der Waals surface area contributed by atoms with Crippen LogP contribution in [0.25, 0.3) is 5.69 Å². The Hall–Kier alpha value is -4.19. The number of urea groups is 1. The largest absolute Gasteiger partial charge is 0.381 e. The van der Waals surface area contributed by atoms with Crippen molar-refractivity contribution < 1.29 is 14.3 Å². The Morgan fingerprint density at radius 3 is 2.50 bits per heavy atom. The minimum atomic E-state index is -1.74. The molecule has 11 nitrogen and oxygen atoms in total. The molecule has 2 amide bonds. The van der Waals surface area contributed by atoms with Gasteiger partial charge in [0.25, 0.3) is 0 Å². The van der Waals surface area contributed by atoms with Crippen LogP contribution in [-0.4, -0.2) is 70.1 Å². The molecule has 12 heteroatoms. The van der Waals surface area contributed by atoms with Crippen LogP contribution in [0.1, 0.15) is 12.5 Å². The van der Waals surface area contributed by atoms with E-state index in [1.807, 2.05) is 0 Å². The van der Waals surface area contributed by atoms with Crippen LogP contribution in [0.2, 0.25) is 0 Å². The first-order chi connectivity index (χ1) is 16.5. The van der Waals surface area contributed by atoms with Gasteiger partial charge in [-0.15, -0.1) is 15.0 Å². The van der Waals surface area contributed by atoms with Gasteiger partial charge < -0.3 is 10.0 Å². The maximum Gasteiger partial charge on any atom is 0.324 e. The number of benzene rings is 2. The third kappa shape index (κ3) is 3.77. The highest BCUT2D eigenvalue weighted by atomic mass is 19.1. The zero-order valence-electron chi connectivity index (χ0n) is 18.3. The Kier molecular flexibility index (Phi) is 5.49. The number of aliphatic hydroxyl groups is 1. The molecule has 1 saturated heterocycles. The first-order valence-electron chi connectivity index (χ1n) is 10.7. The van der Waals surface area contributed by atoms with Crippen molar-refractivity contribution in [2.45, 2.75) is 25.1 Å². The number of tetrazole rings is 1. The molecule has 2 aromatic heterocycles. The molecule has 2 atom stereocenters. The molecule has 2 aromatic carbocycles. The molecule has 0 bridgehead atoms. The summed E-state index contributed by atoms with van der Waals surface area (Å²) in [7, 11) is 0. The van der Waals surface area contributed by atoms with Crippen molar-refractivity contribution in [2.24, 2.45) is 0 Å². The molecule has 0 aliphatic carbocycles. The molecule has 4 aromatic rings. The average molecular weight is 463 g/mol. The van der Waals surface area contributed by atoms with Gasteiger partial charge in [-0.2, -0.15) is 5.10 Å². The number of rotatable bonds is 7. The molecule has 0 radical (unpaired) electrons. The van der Waals surface area contributed by atoms with Gasteiger partial charge in [0.15, 0.2) is 6.33 Å². The lowest BCUT2D eigenvalue weighted by Gasteiger charge is -2.39. The number of halogens is 1. The van der Waals surface area contributed by atoms with Crippen molar-refractivity contribution in [3.8, 4) is 5.69 Å². The third-order valence-corrected chi connectivity index (χ3v) is 6.15. The monoisotopic (exact) mass is 463 g/mol. The van der Waals surface area contributed by atoms with Crippen LogP contribution < -0.4 is 4.90 Å². The van der Waals surface area contributed by atoms with E-state index in [4.69, 9.17) is 0 Å². The third-order valence-electron chi connectivity index (χ3n) is 6.15. The second kappa shape index (κ2) is 8.63. The lowest BCUT2D eigenvalue weighted by atomic mass is 9.85. The van der Waals surface area contributed by atoms with Gasteiger partial charge in [-0.05, 0) is 42.5 Å². The molecular formula is C22H22FN9O2. The summed E-state index contributed by atoms with van der Waals surface area (Å²) in [6.45, 7) is 2.42. The Morgan fingerprint density at radius 1 is 1.06 bits per heavy atom. The fourth-order valence-corrected chi connectivity index (χ4v) is 4.28. The van der Waals surface area contributed by atoms with Gasteiger partial charge in [0.05, 0.1) is 18.3 Å². The summed E-state index contributed by atoms with van der Waals surface area (Å²) in [5, 5.41) is 27.4. The van der Waals surface area contributed by atoms with E-state index < -0.39 is 17.5 Å². The van der Waals surface area contributed by atoms with Crippen molar-refractivity contribution in [2.75, 3.05) is 18.0 Å². The number of carbonyl (C=O) groups is 1. The summed E-state index contributed by atoms with van der Waals surface area (Å²) in [6.07, 6.45) is 4.13. The number of aromatic nitrogens is 7. The maximum absolute atomic E-state index is 14.8. The first-order valence-corrected chi connectivity index (χ1v) is 10.7. The number of carbonyl (C=O) groups excluding carboxylic acids is 1. The van der Waals surface area contributed by atoms with Crippen LogP contribution in [0.3, 0.4) is 0 Å². The lowest BCUT2D eigenvalue weighted by Crippen LogP contribution is -2.53. The fourth-order valence-electron chi connectivity index (χ4n) is 4.28. The molecule has 2 unspecified atom stereocenters. The van der Waals surface area contributed by atoms with E-state index in [2.05, 4.69) is 25.5 Å². The van der Waals surface area contributed by atoms with Gasteiger partial charge >= 0.3 is 6.03 Å². The van der Waals surface area contributed by atoms with E-state index in [1.54, 1.807) is 53.1 Å². The van der Waals surface area contributed by atoms with Crippen molar-refractivity contribution >= 4 is 11.7 Å². The van der Waals surface area contributed by atoms with E-state index in [0.717, 1.165) is 0 Å². The Balaban J connectivity index is 1.42. The van der Waals surface area contributed by atoms with Gasteiger partial charge in [-0.3, -0.25) is 4.90 Å². The van der Waals surface area contributed by atoms with Crippen LogP contribution in [0.15, 0.2) is 67.5 Å². The first kappa shape index (κ1) is 21.6. The molecule has 1 fully saturated rings. The predicted molar refractivity (Wildman–Crippen MR) is 118 cm³/mol. The smallest absolute Gasteiger partial charge is 0.324 e. The highest BCUT2D eigenvalue weighted by Gasteiger charge is 2.46. The summed E-state index contributed by atoms with van der Waals surface area (Å²) in [4.78, 5) is 21.9. The molecular weight excluding hydrogens is 441 g/mol. The van der Waals surface area contributed by atoms with Crippen molar-refractivity contribution in [3.63, 3.8) is 0 Å². The molecule has 1 aliphatic heterocycles. The predicted octanol–water partition coefficient (Wildman–Crippen LogP) is 1.61. The minimum Gasteiger partial charge on any atom is -0.381 e. The summed E-state index contributed by atoms with van der Waals surface area (Å²) in [5.74, 6) is -0.558. The number of hydrogen-bond acceptors (Lipinski definition) is 7. The van der Waals surface area contributed by atoms with Gasteiger partial charge in [-0.25, -0.2) is 18.9 Å². The highest BCUT2D eigenvalue weighted by Crippen LogP contribution is 2.34. The molecule has 1 aliphatic rings. The minimum absolute atomic E-state index is 0.0709. The quantitative estimate of drug-likeness (QED) is 0.442. The summed E-state index contributed by atoms with van der Waals surface area (Å²) in [5.41, 5.74) is -0.254. The molecule has 174 valence electrons.